The fourth-order valence-corrected chi connectivity index (χ4v) is 2.89. The first-order valence-electron chi connectivity index (χ1n) is 7.41. The molecule has 0 aliphatic rings. The number of aliphatic imine (C=N–C) groups is 1. The van der Waals surface area contributed by atoms with Gasteiger partial charge in [0.15, 0.2) is 5.96 Å². The number of rotatable bonds is 7. The number of nitrogens with zero attached hydrogens (tertiary/aromatic N) is 2. The summed E-state index contributed by atoms with van der Waals surface area (Å²) in [5.74, 6) is 1.52. The maximum Gasteiger partial charge on any atom is 0.191 e. The van der Waals surface area contributed by atoms with E-state index in [0.29, 0.717) is 18.2 Å². The minimum atomic E-state index is 0.534. The number of ether oxygens (including phenoxy) is 1. The molecule has 0 atom stereocenters. The van der Waals surface area contributed by atoms with Crippen molar-refractivity contribution in [3.63, 3.8) is 0 Å². The van der Waals surface area contributed by atoms with Gasteiger partial charge in [-0.2, -0.15) is 0 Å². The van der Waals surface area contributed by atoms with Gasteiger partial charge in [0.1, 0.15) is 12.4 Å². The summed E-state index contributed by atoms with van der Waals surface area (Å²) in [6.07, 6.45) is 2.79. The Morgan fingerprint density at radius 2 is 2.17 bits per heavy atom. The number of aromatic nitrogens is 1. The van der Waals surface area contributed by atoms with E-state index in [4.69, 9.17) is 16.3 Å². The van der Waals surface area contributed by atoms with Gasteiger partial charge in [0, 0.05) is 36.1 Å². The first-order chi connectivity index (χ1) is 11.2. The highest BCUT2D eigenvalue weighted by Gasteiger charge is 2.01. The van der Waals surface area contributed by atoms with Gasteiger partial charge < -0.3 is 15.4 Å². The zero-order chi connectivity index (χ0) is 16.5. The monoisotopic (exact) mass is 352 g/mol. The summed E-state index contributed by atoms with van der Waals surface area (Å²) in [6.45, 7) is 4.05. The first kappa shape index (κ1) is 17.6. The fourth-order valence-electron chi connectivity index (χ4n) is 1.92. The largest absolute Gasteiger partial charge is 0.492 e. The van der Waals surface area contributed by atoms with E-state index in [0.717, 1.165) is 29.7 Å². The van der Waals surface area contributed by atoms with Crippen molar-refractivity contribution in [2.75, 3.05) is 26.7 Å². The van der Waals surface area contributed by atoms with Crippen molar-refractivity contribution in [3.8, 4) is 5.75 Å². The second kappa shape index (κ2) is 9.37. The lowest BCUT2D eigenvalue weighted by atomic mass is 10.3. The molecule has 0 saturated heterocycles. The van der Waals surface area contributed by atoms with Crippen LogP contribution in [0.3, 0.4) is 0 Å². The van der Waals surface area contributed by atoms with Gasteiger partial charge in [-0.3, -0.25) is 4.99 Å². The molecule has 1 heterocycles. The van der Waals surface area contributed by atoms with Crippen molar-refractivity contribution in [3.05, 3.63) is 45.4 Å². The Bertz CT molecular complexity index is 645. The molecular formula is C16H21ClN4OS. The highest BCUT2D eigenvalue weighted by atomic mass is 35.5. The highest BCUT2D eigenvalue weighted by Crippen LogP contribution is 2.16. The molecule has 23 heavy (non-hydrogen) atoms. The summed E-state index contributed by atoms with van der Waals surface area (Å²) in [5.41, 5.74) is 0. The Labute approximate surface area is 145 Å². The Hall–Kier alpha value is -1.79. The molecular weight excluding hydrogens is 332 g/mol. The third kappa shape index (κ3) is 6.46. The van der Waals surface area contributed by atoms with Crippen molar-refractivity contribution in [2.45, 2.75) is 13.3 Å². The second-order valence-corrected chi connectivity index (χ2v) is 6.60. The fraction of sp³-hybridized carbons (Fsp3) is 0.375. The molecule has 0 spiro atoms. The van der Waals surface area contributed by atoms with Crippen molar-refractivity contribution in [1.82, 2.24) is 15.6 Å². The molecule has 1 aromatic carbocycles. The Morgan fingerprint density at radius 3 is 2.87 bits per heavy atom. The molecule has 0 saturated carbocycles. The van der Waals surface area contributed by atoms with E-state index in [1.807, 2.05) is 24.4 Å². The van der Waals surface area contributed by atoms with E-state index in [9.17, 15) is 0 Å². The molecule has 0 amide bonds. The maximum absolute atomic E-state index is 5.91. The lowest BCUT2D eigenvalue weighted by Gasteiger charge is -2.12. The van der Waals surface area contributed by atoms with Crippen LogP contribution in [0, 0.1) is 6.92 Å². The predicted octanol–water partition coefficient (Wildman–Crippen LogP) is 2.89. The van der Waals surface area contributed by atoms with Crippen LogP contribution in [0.1, 0.15) is 9.88 Å². The van der Waals surface area contributed by atoms with Gasteiger partial charge in [-0.25, -0.2) is 4.98 Å². The SMILES string of the molecule is CN=C(NCCOc1cccc(Cl)c1)NCCc1ncc(C)s1. The van der Waals surface area contributed by atoms with Crippen LogP contribution in [0.4, 0.5) is 0 Å². The first-order valence-corrected chi connectivity index (χ1v) is 8.61. The third-order valence-corrected chi connectivity index (χ3v) is 4.19. The number of nitrogens with one attached hydrogen (secondary N) is 2. The molecule has 0 fully saturated rings. The summed E-state index contributed by atoms with van der Waals surface area (Å²) in [6, 6.07) is 7.37. The third-order valence-electron chi connectivity index (χ3n) is 2.98. The number of aryl methyl sites for hydroxylation is 1. The summed E-state index contributed by atoms with van der Waals surface area (Å²) < 4.78 is 5.62. The smallest absolute Gasteiger partial charge is 0.191 e. The number of hydrogen-bond acceptors (Lipinski definition) is 4. The molecule has 1 aromatic heterocycles. The zero-order valence-electron chi connectivity index (χ0n) is 13.3. The highest BCUT2D eigenvalue weighted by molar-refractivity contribution is 7.11. The summed E-state index contributed by atoms with van der Waals surface area (Å²) in [5, 5.41) is 8.28. The van der Waals surface area contributed by atoms with Crippen molar-refractivity contribution in [1.29, 1.82) is 0 Å². The molecule has 0 bridgehead atoms. The van der Waals surface area contributed by atoms with Crippen LogP contribution in [-0.4, -0.2) is 37.7 Å². The predicted molar refractivity (Wildman–Crippen MR) is 96.9 cm³/mol. The minimum Gasteiger partial charge on any atom is -0.492 e. The number of guanidine groups is 1. The summed E-state index contributed by atoms with van der Waals surface area (Å²) in [7, 11) is 1.75. The van der Waals surface area contributed by atoms with Crippen LogP contribution < -0.4 is 15.4 Å². The average molecular weight is 353 g/mol. The van der Waals surface area contributed by atoms with Crippen molar-refractivity contribution in [2.24, 2.45) is 4.99 Å². The van der Waals surface area contributed by atoms with Gasteiger partial charge in [-0.15, -0.1) is 11.3 Å². The molecule has 5 nitrogen and oxygen atoms in total. The van der Waals surface area contributed by atoms with Crippen LogP contribution >= 0.6 is 22.9 Å². The maximum atomic E-state index is 5.91. The van der Waals surface area contributed by atoms with Crippen molar-refractivity contribution >= 4 is 28.9 Å². The van der Waals surface area contributed by atoms with E-state index >= 15 is 0 Å². The number of hydrogen-bond donors (Lipinski definition) is 2. The Kier molecular flexibility index (Phi) is 7.16. The van der Waals surface area contributed by atoms with Crippen molar-refractivity contribution < 1.29 is 4.74 Å². The lowest BCUT2D eigenvalue weighted by molar-refractivity contribution is 0.322. The number of benzene rings is 1. The minimum absolute atomic E-state index is 0.534. The van der Waals surface area contributed by atoms with E-state index < -0.39 is 0 Å². The van der Waals surface area contributed by atoms with E-state index in [2.05, 4.69) is 27.5 Å². The molecule has 124 valence electrons. The second-order valence-electron chi connectivity index (χ2n) is 4.85. The van der Waals surface area contributed by atoms with Gasteiger partial charge in [0.25, 0.3) is 0 Å². The van der Waals surface area contributed by atoms with E-state index in [1.54, 1.807) is 24.5 Å². The molecule has 2 rings (SSSR count). The van der Waals surface area contributed by atoms with Gasteiger partial charge in [0.05, 0.1) is 11.6 Å². The van der Waals surface area contributed by atoms with E-state index in [-0.39, 0.29) is 0 Å². The molecule has 0 radical (unpaired) electrons. The average Bonchev–Trinajstić information content (AvgIpc) is 2.95. The molecule has 2 N–H and O–H groups in total. The van der Waals surface area contributed by atoms with Crippen LogP contribution in [-0.2, 0) is 6.42 Å². The Balaban J connectivity index is 1.63. The van der Waals surface area contributed by atoms with Gasteiger partial charge in [-0.1, -0.05) is 17.7 Å². The number of thiazole rings is 1. The normalized spacial score (nSPS) is 11.3. The van der Waals surface area contributed by atoms with Gasteiger partial charge in [0.2, 0.25) is 0 Å². The van der Waals surface area contributed by atoms with Crippen LogP contribution in [0.15, 0.2) is 35.5 Å². The topological polar surface area (TPSA) is 58.5 Å². The summed E-state index contributed by atoms with van der Waals surface area (Å²) in [4.78, 5) is 9.76. The number of halogens is 1. The quantitative estimate of drug-likeness (QED) is 0.457. The van der Waals surface area contributed by atoms with Crippen LogP contribution in [0.2, 0.25) is 5.02 Å². The zero-order valence-corrected chi connectivity index (χ0v) is 14.9. The van der Waals surface area contributed by atoms with Crippen LogP contribution in [0.25, 0.3) is 0 Å². The lowest BCUT2D eigenvalue weighted by Crippen LogP contribution is -2.40. The molecule has 2 aromatic rings. The standard InChI is InChI=1S/C16H21ClN4OS/c1-12-11-21-15(23-12)6-7-19-16(18-2)20-8-9-22-14-5-3-4-13(17)10-14/h3-5,10-11H,6-9H2,1-2H3,(H2,18,19,20). The van der Waals surface area contributed by atoms with Gasteiger partial charge in [-0.05, 0) is 25.1 Å². The molecule has 0 aliphatic heterocycles. The van der Waals surface area contributed by atoms with Crippen LogP contribution in [0.5, 0.6) is 5.75 Å². The molecule has 0 aliphatic carbocycles. The Morgan fingerprint density at radius 1 is 1.35 bits per heavy atom. The molecule has 0 unspecified atom stereocenters. The summed E-state index contributed by atoms with van der Waals surface area (Å²) >= 11 is 7.64. The van der Waals surface area contributed by atoms with Gasteiger partial charge >= 0.3 is 0 Å². The van der Waals surface area contributed by atoms with E-state index in [1.165, 1.54) is 4.88 Å². The molecule has 7 heteroatoms.